The van der Waals surface area contributed by atoms with Crippen molar-refractivity contribution in [2.45, 2.75) is 13.0 Å². The van der Waals surface area contributed by atoms with E-state index < -0.39 is 11.0 Å². The highest BCUT2D eigenvalue weighted by atomic mass is 16.6. The van der Waals surface area contributed by atoms with Crippen LogP contribution in [-0.4, -0.2) is 44.8 Å². The first-order valence-electron chi connectivity index (χ1n) is 11.5. The van der Waals surface area contributed by atoms with Gasteiger partial charge in [0, 0.05) is 35.2 Å². The number of aromatic nitrogens is 4. The van der Waals surface area contributed by atoms with E-state index in [1.807, 2.05) is 6.07 Å². The average Bonchev–Trinajstić information content (AvgIpc) is 3.35. The Labute approximate surface area is 217 Å². The number of nitrogens with zero attached hydrogens (tertiary/aromatic N) is 5. The van der Waals surface area contributed by atoms with Crippen molar-refractivity contribution in [3.63, 3.8) is 0 Å². The minimum absolute atomic E-state index is 0.0401. The molecule has 5 rings (SSSR count). The lowest BCUT2D eigenvalue weighted by molar-refractivity contribution is -0.384. The number of carbonyl (C=O) groups excluding carboxylic acids is 1. The lowest BCUT2D eigenvalue weighted by Gasteiger charge is -2.29. The molecule has 2 aromatic carbocycles. The molecule has 12 heteroatoms. The van der Waals surface area contributed by atoms with Crippen LogP contribution in [0.25, 0.3) is 11.4 Å². The largest absolute Gasteiger partial charge is 0.493 e. The first-order chi connectivity index (χ1) is 18.4. The van der Waals surface area contributed by atoms with Gasteiger partial charge in [0.15, 0.2) is 17.3 Å². The van der Waals surface area contributed by atoms with Crippen LogP contribution in [0.4, 0.5) is 17.3 Å². The lowest BCUT2D eigenvalue weighted by atomic mass is 9.94. The third-order valence-corrected chi connectivity index (χ3v) is 6.08. The number of nitrogens with one attached hydrogen (secondary N) is 2. The number of allylic oxidation sites excluding steroid dienone is 1. The molecule has 38 heavy (non-hydrogen) atoms. The molecule has 1 aliphatic heterocycles. The van der Waals surface area contributed by atoms with E-state index in [0.29, 0.717) is 51.4 Å². The molecule has 1 atom stereocenters. The minimum atomic E-state index is -0.743. The normalized spacial score (nSPS) is 14.3. The molecule has 192 valence electrons. The summed E-state index contributed by atoms with van der Waals surface area (Å²) < 4.78 is 12.8. The van der Waals surface area contributed by atoms with Crippen molar-refractivity contribution in [2.75, 3.05) is 24.9 Å². The number of pyridine rings is 1. The van der Waals surface area contributed by atoms with Gasteiger partial charge >= 0.3 is 0 Å². The van der Waals surface area contributed by atoms with Crippen LogP contribution in [0.1, 0.15) is 18.5 Å². The van der Waals surface area contributed by atoms with E-state index in [9.17, 15) is 14.9 Å². The molecular weight excluding hydrogens is 490 g/mol. The molecule has 2 aromatic heterocycles. The topological polar surface area (TPSA) is 146 Å². The number of non-ortho nitro benzene ring substituents is 1. The summed E-state index contributed by atoms with van der Waals surface area (Å²) in [4.78, 5) is 33.0. The van der Waals surface area contributed by atoms with E-state index >= 15 is 0 Å². The zero-order valence-electron chi connectivity index (χ0n) is 20.7. The van der Waals surface area contributed by atoms with Crippen LogP contribution in [0.15, 0.2) is 78.3 Å². The number of fused-ring (bicyclic) bond motifs is 1. The summed E-state index contributed by atoms with van der Waals surface area (Å²) in [6, 6.07) is 14.1. The van der Waals surface area contributed by atoms with Crippen LogP contribution < -0.4 is 20.1 Å². The molecule has 0 radical (unpaired) electrons. The van der Waals surface area contributed by atoms with Crippen molar-refractivity contribution in [2.24, 2.45) is 0 Å². The van der Waals surface area contributed by atoms with Crippen molar-refractivity contribution in [1.82, 2.24) is 19.7 Å². The smallest absolute Gasteiger partial charge is 0.269 e. The highest BCUT2D eigenvalue weighted by Crippen LogP contribution is 2.43. The van der Waals surface area contributed by atoms with E-state index in [1.54, 1.807) is 60.4 Å². The number of rotatable bonds is 7. The van der Waals surface area contributed by atoms with E-state index in [-0.39, 0.29) is 11.6 Å². The second kappa shape index (κ2) is 10.0. The number of carbonyl (C=O) groups is 1. The van der Waals surface area contributed by atoms with E-state index in [0.717, 1.165) is 0 Å². The summed E-state index contributed by atoms with van der Waals surface area (Å²) >= 11 is 0. The molecule has 1 amide bonds. The summed E-state index contributed by atoms with van der Waals surface area (Å²) in [7, 11) is 3.06. The Morgan fingerprint density at radius 3 is 2.55 bits per heavy atom. The SMILES string of the molecule is COc1cccc(C2C(C(=O)Nc3cccnc3)=C(C)Nc3nc(-c4ccc([N+](=O)[O-])cc4)nn32)c1OC. The lowest BCUT2D eigenvalue weighted by Crippen LogP contribution is -2.31. The highest BCUT2D eigenvalue weighted by molar-refractivity contribution is 6.06. The van der Waals surface area contributed by atoms with Crippen molar-refractivity contribution >= 4 is 23.2 Å². The number of amides is 1. The number of benzene rings is 2. The molecule has 0 bridgehead atoms. The Balaban J connectivity index is 1.65. The van der Waals surface area contributed by atoms with Crippen LogP contribution in [-0.2, 0) is 4.79 Å². The molecule has 0 saturated carbocycles. The molecule has 0 saturated heterocycles. The fourth-order valence-corrected chi connectivity index (χ4v) is 4.35. The molecule has 1 aliphatic rings. The van der Waals surface area contributed by atoms with Gasteiger partial charge < -0.3 is 20.1 Å². The molecule has 1 unspecified atom stereocenters. The first-order valence-corrected chi connectivity index (χ1v) is 11.5. The van der Waals surface area contributed by atoms with Crippen molar-refractivity contribution in [3.8, 4) is 22.9 Å². The molecular formula is C26H23N7O5. The van der Waals surface area contributed by atoms with Crippen molar-refractivity contribution in [1.29, 1.82) is 0 Å². The van der Waals surface area contributed by atoms with Gasteiger partial charge in [-0.2, -0.15) is 4.98 Å². The Bertz CT molecular complexity index is 1550. The van der Waals surface area contributed by atoms with Gasteiger partial charge in [0.1, 0.15) is 6.04 Å². The van der Waals surface area contributed by atoms with E-state index in [1.165, 1.54) is 26.4 Å². The summed E-state index contributed by atoms with van der Waals surface area (Å²) in [5.74, 6) is 1.29. The average molecular weight is 514 g/mol. The predicted molar refractivity (Wildman–Crippen MR) is 139 cm³/mol. The zero-order valence-corrected chi connectivity index (χ0v) is 20.7. The maximum atomic E-state index is 13.7. The maximum Gasteiger partial charge on any atom is 0.269 e. The van der Waals surface area contributed by atoms with Crippen LogP contribution in [0.5, 0.6) is 11.5 Å². The Morgan fingerprint density at radius 1 is 1.11 bits per heavy atom. The Morgan fingerprint density at radius 2 is 1.89 bits per heavy atom. The summed E-state index contributed by atoms with van der Waals surface area (Å²) in [5.41, 5.74) is 2.65. The molecule has 2 N–H and O–H groups in total. The molecule has 0 fully saturated rings. The number of hydrogen-bond donors (Lipinski definition) is 2. The number of methoxy groups -OCH3 is 2. The van der Waals surface area contributed by atoms with Gasteiger partial charge in [-0.25, -0.2) is 4.68 Å². The van der Waals surface area contributed by atoms with Gasteiger partial charge in [-0.05, 0) is 37.3 Å². The minimum Gasteiger partial charge on any atom is -0.493 e. The van der Waals surface area contributed by atoms with Gasteiger partial charge in [0.25, 0.3) is 11.6 Å². The molecule has 3 heterocycles. The quantitative estimate of drug-likeness (QED) is 0.274. The number of hydrogen-bond acceptors (Lipinski definition) is 9. The third-order valence-electron chi connectivity index (χ3n) is 6.08. The highest BCUT2D eigenvalue weighted by Gasteiger charge is 2.37. The summed E-state index contributed by atoms with van der Waals surface area (Å²) in [5, 5.41) is 21.9. The molecule has 4 aromatic rings. The van der Waals surface area contributed by atoms with Gasteiger partial charge in [-0.3, -0.25) is 19.9 Å². The second-order valence-corrected chi connectivity index (χ2v) is 8.35. The van der Waals surface area contributed by atoms with Crippen LogP contribution in [0.2, 0.25) is 0 Å². The number of ether oxygens (including phenoxy) is 2. The first kappa shape index (κ1) is 24.4. The fourth-order valence-electron chi connectivity index (χ4n) is 4.35. The monoisotopic (exact) mass is 513 g/mol. The number of para-hydroxylation sites is 1. The van der Waals surface area contributed by atoms with E-state index in [2.05, 4.69) is 20.6 Å². The van der Waals surface area contributed by atoms with E-state index in [4.69, 9.17) is 14.6 Å². The third kappa shape index (κ3) is 4.39. The number of nitro benzene ring substituents is 1. The second-order valence-electron chi connectivity index (χ2n) is 8.35. The van der Waals surface area contributed by atoms with Gasteiger partial charge in [0.05, 0.1) is 36.6 Å². The van der Waals surface area contributed by atoms with Gasteiger partial charge in [-0.15, -0.1) is 5.10 Å². The van der Waals surface area contributed by atoms with Crippen LogP contribution in [0.3, 0.4) is 0 Å². The predicted octanol–water partition coefficient (Wildman–Crippen LogP) is 4.19. The molecule has 0 aliphatic carbocycles. The Kier molecular flexibility index (Phi) is 6.44. The molecule has 0 spiro atoms. The van der Waals surface area contributed by atoms with Crippen LogP contribution >= 0.6 is 0 Å². The van der Waals surface area contributed by atoms with Crippen molar-refractivity contribution < 1.29 is 19.2 Å². The van der Waals surface area contributed by atoms with Gasteiger partial charge in [0.2, 0.25) is 5.95 Å². The number of anilines is 2. The van der Waals surface area contributed by atoms with Crippen LogP contribution in [0, 0.1) is 10.1 Å². The maximum absolute atomic E-state index is 13.7. The summed E-state index contributed by atoms with van der Waals surface area (Å²) in [6.07, 6.45) is 3.17. The number of nitro groups is 1. The fraction of sp³-hybridized carbons (Fsp3) is 0.154. The van der Waals surface area contributed by atoms with Gasteiger partial charge in [-0.1, -0.05) is 12.1 Å². The summed E-state index contributed by atoms with van der Waals surface area (Å²) in [6.45, 7) is 1.78. The zero-order chi connectivity index (χ0) is 26.8. The Hall–Kier alpha value is -5.26. The van der Waals surface area contributed by atoms with Crippen molar-refractivity contribution in [3.05, 3.63) is 93.9 Å². The standard InChI is InChI=1S/C26H23N7O5/c1-15-21(25(34)29-17-6-5-13-27-14-17)22(19-7-4-8-20(37-2)23(19)38-3)32-26(28-15)30-24(31-32)16-9-11-18(12-10-16)33(35)36/h4-14,22H,1-3H3,(H,29,34)(H,28,30,31). The molecule has 12 nitrogen and oxygen atoms in total.